The first-order chi connectivity index (χ1) is 11.8. The molecule has 1 fully saturated rings. The Morgan fingerprint density at radius 3 is 2.54 bits per heavy atom. The Labute approximate surface area is 147 Å². The molecule has 0 aromatic carbocycles. The van der Waals surface area contributed by atoms with E-state index in [-0.39, 0.29) is 5.91 Å². The monoisotopic (exact) mass is 341 g/mol. The Bertz CT molecular complexity index is 681. The zero-order valence-electron chi connectivity index (χ0n) is 13.9. The van der Waals surface area contributed by atoms with Crippen LogP contribution in [0.5, 0.6) is 0 Å². The summed E-state index contributed by atoms with van der Waals surface area (Å²) in [6.07, 6.45) is 9.81. The SMILES string of the molecule is O=C(c1cc2c(s1)CCCCC2)N1CCN(c2ccncc2)CC1. The van der Waals surface area contributed by atoms with Crippen LogP contribution in [0.4, 0.5) is 5.69 Å². The largest absolute Gasteiger partial charge is 0.368 e. The number of piperazine rings is 1. The Kier molecular flexibility index (Phi) is 4.52. The van der Waals surface area contributed by atoms with Crippen molar-refractivity contribution in [2.45, 2.75) is 32.1 Å². The maximum Gasteiger partial charge on any atom is 0.264 e. The number of fused-ring (bicyclic) bond motifs is 1. The zero-order valence-corrected chi connectivity index (χ0v) is 14.7. The first-order valence-corrected chi connectivity index (χ1v) is 9.69. The molecule has 0 radical (unpaired) electrons. The lowest BCUT2D eigenvalue weighted by Gasteiger charge is -2.35. The maximum atomic E-state index is 12.9. The van der Waals surface area contributed by atoms with Gasteiger partial charge in [0.05, 0.1) is 4.88 Å². The highest BCUT2D eigenvalue weighted by Crippen LogP contribution is 2.30. The van der Waals surface area contributed by atoms with Crippen LogP contribution in [0.1, 0.15) is 39.4 Å². The van der Waals surface area contributed by atoms with Gasteiger partial charge in [-0.25, -0.2) is 0 Å². The van der Waals surface area contributed by atoms with Gasteiger partial charge >= 0.3 is 0 Å². The van der Waals surface area contributed by atoms with E-state index in [0.717, 1.165) is 43.9 Å². The van der Waals surface area contributed by atoms with Gasteiger partial charge in [-0.2, -0.15) is 0 Å². The molecule has 0 saturated carbocycles. The summed E-state index contributed by atoms with van der Waals surface area (Å²) in [7, 11) is 0. The first kappa shape index (κ1) is 15.6. The van der Waals surface area contributed by atoms with Gasteiger partial charge in [-0.05, 0) is 49.4 Å². The molecule has 0 unspecified atom stereocenters. The third-order valence-corrected chi connectivity index (χ3v) is 6.28. The van der Waals surface area contributed by atoms with Crippen LogP contribution in [-0.4, -0.2) is 42.0 Å². The highest BCUT2D eigenvalue weighted by atomic mass is 32.1. The fraction of sp³-hybridized carbons (Fsp3) is 0.474. The molecular weight excluding hydrogens is 318 g/mol. The summed E-state index contributed by atoms with van der Waals surface area (Å²) in [6, 6.07) is 6.24. The number of rotatable bonds is 2. The van der Waals surface area contributed by atoms with Gasteiger partial charge in [0.2, 0.25) is 0 Å². The lowest BCUT2D eigenvalue weighted by Crippen LogP contribution is -2.48. The van der Waals surface area contributed by atoms with Crippen molar-refractivity contribution in [2.24, 2.45) is 0 Å². The summed E-state index contributed by atoms with van der Waals surface area (Å²) in [5.41, 5.74) is 2.62. The molecule has 4 nitrogen and oxygen atoms in total. The number of pyridine rings is 1. The van der Waals surface area contributed by atoms with Crippen LogP contribution >= 0.6 is 11.3 Å². The smallest absolute Gasteiger partial charge is 0.264 e. The molecule has 2 aliphatic rings. The lowest BCUT2D eigenvalue weighted by molar-refractivity contribution is 0.0751. The molecule has 24 heavy (non-hydrogen) atoms. The molecule has 3 heterocycles. The van der Waals surface area contributed by atoms with Gasteiger partial charge in [0.25, 0.3) is 5.91 Å². The average molecular weight is 341 g/mol. The minimum Gasteiger partial charge on any atom is -0.368 e. The normalized spacial score (nSPS) is 18.2. The molecule has 0 atom stereocenters. The summed E-state index contributed by atoms with van der Waals surface area (Å²) in [5.74, 6) is 0.224. The maximum absolute atomic E-state index is 12.9. The minimum atomic E-state index is 0.224. The molecule has 126 valence electrons. The summed E-state index contributed by atoms with van der Waals surface area (Å²) < 4.78 is 0. The molecule has 0 bridgehead atoms. The van der Waals surface area contributed by atoms with Crippen molar-refractivity contribution >= 4 is 22.9 Å². The van der Waals surface area contributed by atoms with E-state index < -0.39 is 0 Å². The van der Waals surface area contributed by atoms with E-state index in [0.29, 0.717) is 0 Å². The predicted molar refractivity (Wildman–Crippen MR) is 97.9 cm³/mol. The van der Waals surface area contributed by atoms with Crippen molar-refractivity contribution < 1.29 is 4.79 Å². The van der Waals surface area contributed by atoms with E-state index in [1.165, 1.54) is 35.4 Å². The van der Waals surface area contributed by atoms with Gasteiger partial charge in [-0.15, -0.1) is 11.3 Å². The van der Waals surface area contributed by atoms with E-state index in [4.69, 9.17) is 0 Å². The van der Waals surface area contributed by atoms with Crippen LogP contribution in [-0.2, 0) is 12.8 Å². The van der Waals surface area contributed by atoms with Crippen molar-refractivity contribution in [3.05, 3.63) is 45.9 Å². The number of thiophene rings is 1. The molecule has 4 rings (SSSR count). The zero-order chi connectivity index (χ0) is 16.4. The predicted octanol–water partition coefficient (Wildman–Crippen LogP) is 3.37. The fourth-order valence-corrected chi connectivity index (χ4v) is 4.87. The van der Waals surface area contributed by atoms with Crippen LogP contribution in [0.2, 0.25) is 0 Å². The van der Waals surface area contributed by atoms with Crippen molar-refractivity contribution in [2.75, 3.05) is 31.1 Å². The molecule has 1 aliphatic carbocycles. The van der Waals surface area contributed by atoms with E-state index in [9.17, 15) is 4.79 Å². The van der Waals surface area contributed by atoms with Crippen LogP contribution < -0.4 is 4.90 Å². The Morgan fingerprint density at radius 1 is 1.00 bits per heavy atom. The highest BCUT2D eigenvalue weighted by Gasteiger charge is 2.24. The van der Waals surface area contributed by atoms with Gasteiger partial charge < -0.3 is 9.80 Å². The van der Waals surface area contributed by atoms with Crippen molar-refractivity contribution in [1.29, 1.82) is 0 Å². The second kappa shape index (κ2) is 6.93. The van der Waals surface area contributed by atoms with Gasteiger partial charge in [-0.3, -0.25) is 9.78 Å². The molecule has 0 spiro atoms. The Morgan fingerprint density at radius 2 is 1.75 bits per heavy atom. The second-order valence-corrected chi connectivity index (χ2v) is 7.74. The fourth-order valence-electron chi connectivity index (χ4n) is 3.65. The number of amides is 1. The number of aromatic nitrogens is 1. The van der Waals surface area contributed by atoms with Crippen LogP contribution in [0.15, 0.2) is 30.6 Å². The third kappa shape index (κ3) is 3.18. The molecule has 1 saturated heterocycles. The van der Waals surface area contributed by atoms with Crippen LogP contribution in [0.25, 0.3) is 0 Å². The standard InChI is InChI=1S/C19H23N3OS/c23-19(18-14-15-4-2-1-3-5-17(15)24-18)22-12-10-21(11-13-22)16-6-8-20-9-7-16/h6-9,14H,1-5,10-13H2. The number of hydrogen-bond donors (Lipinski definition) is 0. The Hall–Kier alpha value is -1.88. The van der Waals surface area contributed by atoms with Gasteiger partial charge in [-0.1, -0.05) is 6.42 Å². The number of carbonyl (C=O) groups is 1. The minimum absolute atomic E-state index is 0.224. The molecule has 1 amide bonds. The molecular formula is C19H23N3OS. The molecule has 5 heteroatoms. The number of carbonyl (C=O) groups excluding carboxylic acids is 1. The van der Waals surface area contributed by atoms with E-state index in [2.05, 4.69) is 16.0 Å². The number of aryl methyl sites for hydroxylation is 2. The molecule has 1 aliphatic heterocycles. The van der Waals surface area contributed by atoms with Crippen LogP contribution in [0, 0.1) is 0 Å². The van der Waals surface area contributed by atoms with E-state index in [1.807, 2.05) is 29.4 Å². The van der Waals surface area contributed by atoms with Gasteiger partial charge in [0.15, 0.2) is 0 Å². The Balaban J connectivity index is 1.41. The van der Waals surface area contributed by atoms with E-state index in [1.54, 1.807) is 11.3 Å². The number of anilines is 1. The van der Waals surface area contributed by atoms with Gasteiger partial charge in [0.1, 0.15) is 0 Å². The van der Waals surface area contributed by atoms with Crippen molar-refractivity contribution in [3.8, 4) is 0 Å². The van der Waals surface area contributed by atoms with Crippen molar-refractivity contribution in [3.63, 3.8) is 0 Å². The summed E-state index contributed by atoms with van der Waals surface area (Å²) in [5, 5.41) is 0. The summed E-state index contributed by atoms with van der Waals surface area (Å²) >= 11 is 1.73. The van der Waals surface area contributed by atoms with Crippen molar-refractivity contribution in [1.82, 2.24) is 9.88 Å². The quantitative estimate of drug-likeness (QED) is 0.786. The molecule has 2 aromatic rings. The lowest BCUT2D eigenvalue weighted by atomic mass is 10.1. The third-order valence-electron chi connectivity index (χ3n) is 5.05. The second-order valence-electron chi connectivity index (χ2n) is 6.60. The molecule has 2 aromatic heterocycles. The average Bonchev–Trinajstić information content (AvgIpc) is 2.92. The topological polar surface area (TPSA) is 36.4 Å². The van der Waals surface area contributed by atoms with Gasteiger partial charge in [0, 0.05) is 49.1 Å². The van der Waals surface area contributed by atoms with Crippen LogP contribution in [0.3, 0.4) is 0 Å². The number of hydrogen-bond acceptors (Lipinski definition) is 4. The summed E-state index contributed by atoms with van der Waals surface area (Å²) in [4.78, 5) is 23.7. The molecule has 0 N–H and O–H groups in total. The summed E-state index contributed by atoms with van der Waals surface area (Å²) in [6.45, 7) is 3.37. The highest BCUT2D eigenvalue weighted by molar-refractivity contribution is 7.14. The number of nitrogens with zero attached hydrogens (tertiary/aromatic N) is 3. The van der Waals surface area contributed by atoms with E-state index >= 15 is 0 Å². The first-order valence-electron chi connectivity index (χ1n) is 8.87.